The van der Waals surface area contributed by atoms with Crippen LogP contribution in [0, 0.1) is 5.82 Å². The molecule has 0 N–H and O–H groups in total. The smallest absolute Gasteiger partial charge is 0.227 e. The summed E-state index contributed by atoms with van der Waals surface area (Å²) in [6, 6.07) is 14.1. The molecule has 0 unspecified atom stereocenters. The van der Waals surface area contributed by atoms with E-state index in [0.717, 1.165) is 12.1 Å². The van der Waals surface area contributed by atoms with Gasteiger partial charge in [-0.25, -0.2) is 4.39 Å². The van der Waals surface area contributed by atoms with E-state index in [4.69, 9.17) is 4.52 Å². The zero-order valence-corrected chi connectivity index (χ0v) is 14.4. The molecule has 1 aliphatic rings. The molecule has 2 aromatic carbocycles. The second-order valence-electron chi connectivity index (χ2n) is 6.47. The Morgan fingerprint density at radius 3 is 2.96 bits per heavy atom. The van der Waals surface area contributed by atoms with Gasteiger partial charge in [0.05, 0.1) is 0 Å². The molecule has 132 valence electrons. The first kappa shape index (κ1) is 16.4. The van der Waals surface area contributed by atoms with Gasteiger partial charge in [0.1, 0.15) is 5.82 Å². The van der Waals surface area contributed by atoms with Gasteiger partial charge < -0.3 is 9.42 Å². The summed E-state index contributed by atoms with van der Waals surface area (Å²) < 4.78 is 18.5. The number of hydrogen-bond donors (Lipinski definition) is 0. The van der Waals surface area contributed by atoms with E-state index in [-0.39, 0.29) is 24.2 Å². The number of benzene rings is 2. The maximum Gasteiger partial charge on any atom is 0.227 e. The Morgan fingerprint density at radius 1 is 1.27 bits per heavy atom. The third kappa shape index (κ3) is 3.10. The first-order valence-electron chi connectivity index (χ1n) is 8.60. The highest BCUT2D eigenvalue weighted by atomic mass is 19.1. The summed E-state index contributed by atoms with van der Waals surface area (Å²) in [7, 11) is 0. The fourth-order valence-corrected chi connectivity index (χ4v) is 3.38. The van der Waals surface area contributed by atoms with Crippen molar-refractivity contribution >= 4 is 11.6 Å². The zero-order valence-electron chi connectivity index (χ0n) is 14.4. The number of fused-ring (bicyclic) bond motifs is 1. The lowest BCUT2D eigenvalue weighted by Crippen LogP contribution is -2.35. The maximum absolute atomic E-state index is 13.3. The van der Waals surface area contributed by atoms with Crippen molar-refractivity contribution in [1.82, 2.24) is 10.1 Å². The molecular weight excluding hydrogens is 333 g/mol. The molecule has 3 aromatic rings. The molecule has 26 heavy (non-hydrogen) atoms. The number of hydrogen-bond acceptors (Lipinski definition) is 4. The Bertz CT molecular complexity index is 953. The first-order chi connectivity index (χ1) is 12.6. The Labute approximate surface area is 150 Å². The number of aryl methyl sites for hydroxylation is 1. The lowest BCUT2D eigenvalue weighted by molar-refractivity contribution is -0.118. The second-order valence-corrected chi connectivity index (χ2v) is 6.47. The van der Waals surface area contributed by atoms with Crippen LogP contribution in [-0.4, -0.2) is 22.1 Å². The molecule has 4 rings (SSSR count). The molecule has 1 atom stereocenters. The van der Waals surface area contributed by atoms with Crippen LogP contribution in [0.25, 0.3) is 11.4 Å². The van der Waals surface area contributed by atoms with Crippen LogP contribution >= 0.6 is 0 Å². The van der Waals surface area contributed by atoms with Crippen LogP contribution < -0.4 is 4.90 Å². The second kappa shape index (κ2) is 6.71. The minimum absolute atomic E-state index is 0.0351. The van der Waals surface area contributed by atoms with Crippen LogP contribution in [0.1, 0.15) is 24.8 Å². The van der Waals surface area contributed by atoms with Gasteiger partial charge in [-0.1, -0.05) is 35.5 Å². The van der Waals surface area contributed by atoms with Gasteiger partial charge in [0, 0.05) is 30.1 Å². The number of halogens is 1. The lowest BCUT2D eigenvalue weighted by atomic mass is 10.1. The van der Waals surface area contributed by atoms with Gasteiger partial charge in [-0.2, -0.15) is 4.98 Å². The summed E-state index contributed by atoms with van der Waals surface area (Å²) >= 11 is 0. The Kier molecular flexibility index (Phi) is 4.24. The fourth-order valence-electron chi connectivity index (χ4n) is 3.38. The molecule has 0 bridgehead atoms. The topological polar surface area (TPSA) is 59.2 Å². The number of carbonyl (C=O) groups excluding carboxylic acids is 1. The summed E-state index contributed by atoms with van der Waals surface area (Å²) in [5, 5.41) is 3.88. The largest absolute Gasteiger partial charge is 0.339 e. The summed E-state index contributed by atoms with van der Waals surface area (Å²) in [6.45, 7) is 2.05. The number of amides is 1. The van der Waals surface area contributed by atoms with E-state index in [2.05, 4.69) is 16.2 Å². The van der Waals surface area contributed by atoms with E-state index < -0.39 is 0 Å². The summed E-state index contributed by atoms with van der Waals surface area (Å²) in [5.74, 6) is 0.378. The number of nitrogens with zero attached hydrogens (tertiary/aromatic N) is 3. The average molecular weight is 351 g/mol. The zero-order chi connectivity index (χ0) is 18.1. The predicted octanol–water partition coefficient (Wildman–Crippen LogP) is 3.79. The van der Waals surface area contributed by atoms with Gasteiger partial charge in [0.2, 0.25) is 17.6 Å². The van der Waals surface area contributed by atoms with Crippen molar-refractivity contribution in [3.63, 3.8) is 0 Å². The van der Waals surface area contributed by atoms with Crippen LogP contribution in [0.3, 0.4) is 0 Å². The molecule has 0 fully saturated rings. The van der Waals surface area contributed by atoms with Crippen molar-refractivity contribution in [2.45, 2.75) is 32.2 Å². The highest BCUT2D eigenvalue weighted by Crippen LogP contribution is 2.32. The van der Waals surface area contributed by atoms with Crippen molar-refractivity contribution in [1.29, 1.82) is 0 Å². The van der Waals surface area contributed by atoms with Crippen molar-refractivity contribution in [3.05, 3.63) is 65.8 Å². The highest BCUT2D eigenvalue weighted by molar-refractivity contribution is 5.96. The van der Waals surface area contributed by atoms with Crippen LogP contribution in [0.2, 0.25) is 0 Å². The van der Waals surface area contributed by atoms with E-state index in [0.29, 0.717) is 23.7 Å². The first-order valence-corrected chi connectivity index (χ1v) is 8.60. The average Bonchev–Trinajstić information content (AvgIpc) is 3.23. The Hall–Kier alpha value is -3.02. The molecule has 0 radical (unpaired) electrons. The van der Waals surface area contributed by atoms with Crippen LogP contribution in [0.4, 0.5) is 10.1 Å². The highest BCUT2D eigenvalue weighted by Gasteiger charge is 2.30. The van der Waals surface area contributed by atoms with Crippen molar-refractivity contribution in [2.24, 2.45) is 0 Å². The quantitative estimate of drug-likeness (QED) is 0.718. The molecule has 1 amide bonds. The van der Waals surface area contributed by atoms with Gasteiger partial charge in [0.15, 0.2) is 0 Å². The monoisotopic (exact) mass is 351 g/mol. The standard InChI is InChI=1S/C20H18FN3O2/c1-13-11-14-5-2-3-8-17(14)24(13)19(25)10-9-18-22-20(23-26-18)15-6-4-7-16(21)12-15/h2-8,12-13H,9-11H2,1H3/t13-/m1/s1. The predicted molar refractivity (Wildman–Crippen MR) is 95.1 cm³/mol. The van der Waals surface area contributed by atoms with Gasteiger partial charge in [0.25, 0.3) is 0 Å². The van der Waals surface area contributed by atoms with Crippen LogP contribution in [0.15, 0.2) is 53.1 Å². The third-order valence-corrected chi connectivity index (χ3v) is 4.58. The van der Waals surface area contributed by atoms with Crippen LogP contribution in [-0.2, 0) is 17.6 Å². The molecular formula is C20H18FN3O2. The van der Waals surface area contributed by atoms with Gasteiger partial charge in [-0.05, 0) is 37.1 Å². The van der Waals surface area contributed by atoms with Crippen LogP contribution in [0.5, 0.6) is 0 Å². The molecule has 5 nitrogen and oxygen atoms in total. The molecule has 1 aliphatic heterocycles. The van der Waals surface area contributed by atoms with Gasteiger partial charge >= 0.3 is 0 Å². The van der Waals surface area contributed by atoms with Crippen molar-refractivity contribution in [3.8, 4) is 11.4 Å². The van der Waals surface area contributed by atoms with Crippen molar-refractivity contribution < 1.29 is 13.7 Å². The van der Waals surface area contributed by atoms with Gasteiger partial charge in [-0.3, -0.25) is 4.79 Å². The minimum atomic E-state index is -0.356. The van der Waals surface area contributed by atoms with E-state index in [1.807, 2.05) is 30.0 Å². The number of rotatable bonds is 4. The maximum atomic E-state index is 13.3. The molecule has 2 heterocycles. The Balaban J connectivity index is 1.44. The number of anilines is 1. The summed E-state index contributed by atoms with van der Waals surface area (Å²) in [4.78, 5) is 18.8. The number of carbonyl (C=O) groups is 1. The van der Waals surface area contributed by atoms with E-state index in [1.54, 1.807) is 12.1 Å². The SMILES string of the molecule is C[C@@H]1Cc2ccccc2N1C(=O)CCc1nc(-c2cccc(F)c2)no1. The number of aromatic nitrogens is 2. The summed E-state index contributed by atoms with van der Waals surface area (Å²) in [6.07, 6.45) is 1.50. The molecule has 0 saturated carbocycles. The lowest BCUT2D eigenvalue weighted by Gasteiger charge is -2.22. The normalized spacial score (nSPS) is 15.9. The van der Waals surface area contributed by atoms with E-state index in [9.17, 15) is 9.18 Å². The third-order valence-electron chi connectivity index (χ3n) is 4.58. The van der Waals surface area contributed by atoms with E-state index in [1.165, 1.54) is 17.7 Å². The molecule has 0 saturated heterocycles. The number of para-hydroxylation sites is 1. The van der Waals surface area contributed by atoms with E-state index >= 15 is 0 Å². The molecule has 0 spiro atoms. The fraction of sp³-hybridized carbons (Fsp3) is 0.250. The van der Waals surface area contributed by atoms with Crippen molar-refractivity contribution in [2.75, 3.05) is 4.90 Å². The Morgan fingerprint density at radius 2 is 2.12 bits per heavy atom. The summed E-state index contributed by atoms with van der Waals surface area (Å²) in [5.41, 5.74) is 2.73. The molecule has 6 heteroatoms. The van der Waals surface area contributed by atoms with Gasteiger partial charge in [-0.15, -0.1) is 0 Å². The molecule has 1 aromatic heterocycles. The minimum Gasteiger partial charge on any atom is -0.339 e. The molecule has 0 aliphatic carbocycles.